The topological polar surface area (TPSA) is 88.8 Å². The summed E-state index contributed by atoms with van der Waals surface area (Å²) < 4.78 is 35.6. The Hall–Kier alpha value is -1.03. The van der Waals surface area contributed by atoms with Gasteiger partial charge in [-0.25, -0.2) is 12.7 Å². The van der Waals surface area contributed by atoms with Gasteiger partial charge >= 0.3 is 0 Å². The van der Waals surface area contributed by atoms with Gasteiger partial charge in [0.15, 0.2) is 5.82 Å². The van der Waals surface area contributed by atoms with E-state index in [1.54, 1.807) is 0 Å². The SMILES string of the molecule is CS(=O)(=O)N1CCC(c2noc(C3CN(C4CCOCC4)C3)n2)CC1. The Kier molecular flexibility index (Phi) is 4.83. The lowest BCUT2D eigenvalue weighted by molar-refractivity contribution is -0.00325. The second-order valence-electron chi connectivity index (χ2n) is 7.42. The van der Waals surface area contributed by atoms with Gasteiger partial charge in [-0.05, 0) is 25.7 Å². The molecular formula is C16H26N4O4S. The highest BCUT2D eigenvalue weighted by molar-refractivity contribution is 7.88. The molecule has 3 aliphatic heterocycles. The van der Waals surface area contributed by atoms with E-state index in [-0.39, 0.29) is 5.92 Å². The first-order chi connectivity index (χ1) is 12.0. The number of piperidine rings is 1. The molecule has 0 radical (unpaired) electrons. The zero-order chi connectivity index (χ0) is 17.4. The Bertz CT molecular complexity index is 687. The van der Waals surface area contributed by atoms with Crippen LogP contribution in [0.15, 0.2) is 4.52 Å². The molecule has 1 aromatic rings. The maximum atomic E-state index is 11.6. The van der Waals surface area contributed by atoms with Crippen LogP contribution in [0.4, 0.5) is 0 Å². The first-order valence-corrected chi connectivity index (χ1v) is 11.0. The summed E-state index contributed by atoms with van der Waals surface area (Å²) in [6.07, 6.45) is 5.00. The minimum absolute atomic E-state index is 0.196. The number of ether oxygens (including phenoxy) is 1. The molecule has 4 heterocycles. The highest BCUT2D eigenvalue weighted by Crippen LogP contribution is 2.33. The third-order valence-electron chi connectivity index (χ3n) is 5.71. The zero-order valence-corrected chi connectivity index (χ0v) is 15.4. The fourth-order valence-electron chi connectivity index (χ4n) is 4.04. The number of hydrogen-bond donors (Lipinski definition) is 0. The minimum atomic E-state index is -3.10. The Balaban J connectivity index is 1.30. The third-order valence-corrected chi connectivity index (χ3v) is 7.01. The standard InChI is InChI=1S/C16H26N4O4S/c1-25(21,22)20-6-2-12(3-7-20)15-17-16(24-18-15)13-10-19(11-13)14-4-8-23-9-5-14/h12-14H,2-11H2,1H3. The van der Waals surface area contributed by atoms with Gasteiger partial charge in [-0.2, -0.15) is 4.98 Å². The number of sulfonamides is 1. The van der Waals surface area contributed by atoms with Gasteiger partial charge in [-0.3, -0.25) is 4.90 Å². The van der Waals surface area contributed by atoms with Gasteiger partial charge in [0.1, 0.15) is 0 Å². The quantitative estimate of drug-likeness (QED) is 0.774. The summed E-state index contributed by atoms with van der Waals surface area (Å²) >= 11 is 0. The van der Waals surface area contributed by atoms with Gasteiger partial charge in [-0.15, -0.1) is 0 Å². The summed E-state index contributed by atoms with van der Waals surface area (Å²) in [5, 5.41) is 4.17. The van der Waals surface area contributed by atoms with Gasteiger partial charge in [0, 0.05) is 51.4 Å². The Morgan fingerprint density at radius 1 is 1.04 bits per heavy atom. The highest BCUT2D eigenvalue weighted by Gasteiger charge is 2.38. The highest BCUT2D eigenvalue weighted by atomic mass is 32.2. The fraction of sp³-hybridized carbons (Fsp3) is 0.875. The normalized spacial score (nSPS) is 26.0. The van der Waals surface area contributed by atoms with Crippen LogP contribution in [0.2, 0.25) is 0 Å². The van der Waals surface area contributed by atoms with Crippen molar-refractivity contribution in [3.8, 4) is 0 Å². The van der Waals surface area contributed by atoms with Crippen molar-refractivity contribution < 1.29 is 17.7 Å². The van der Waals surface area contributed by atoms with Crippen molar-refractivity contribution >= 4 is 10.0 Å². The molecule has 140 valence electrons. The van der Waals surface area contributed by atoms with E-state index in [2.05, 4.69) is 15.0 Å². The van der Waals surface area contributed by atoms with E-state index < -0.39 is 10.0 Å². The van der Waals surface area contributed by atoms with E-state index in [4.69, 9.17) is 9.26 Å². The molecule has 3 aliphatic rings. The number of rotatable bonds is 4. The smallest absolute Gasteiger partial charge is 0.232 e. The lowest BCUT2D eigenvalue weighted by Gasteiger charge is -2.44. The van der Waals surface area contributed by atoms with Crippen molar-refractivity contribution in [1.82, 2.24) is 19.3 Å². The van der Waals surface area contributed by atoms with E-state index >= 15 is 0 Å². The van der Waals surface area contributed by atoms with Gasteiger partial charge in [0.2, 0.25) is 15.9 Å². The van der Waals surface area contributed by atoms with Crippen molar-refractivity contribution in [3.63, 3.8) is 0 Å². The molecule has 0 amide bonds. The van der Waals surface area contributed by atoms with Crippen molar-refractivity contribution in [1.29, 1.82) is 0 Å². The van der Waals surface area contributed by atoms with Crippen LogP contribution in [0.1, 0.15) is 49.2 Å². The van der Waals surface area contributed by atoms with Crippen LogP contribution in [0.5, 0.6) is 0 Å². The van der Waals surface area contributed by atoms with Crippen LogP contribution in [-0.4, -0.2) is 79.5 Å². The van der Waals surface area contributed by atoms with E-state index in [0.29, 0.717) is 25.0 Å². The summed E-state index contributed by atoms with van der Waals surface area (Å²) in [7, 11) is -3.10. The number of hydrogen-bond acceptors (Lipinski definition) is 7. The van der Waals surface area contributed by atoms with Gasteiger partial charge < -0.3 is 9.26 Å². The molecule has 9 heteroatoms. The minimum Gasteiger partial charge on any atom is -0.381 e. The maximum Gasteiger partial charge on any atom is 0.232 e. The van der Waals surface area contributed by atoms with Crippen LogP contribution in [0, 0.1) is 0 Å². The van der Waals surface area contributed by atoms with Crippen LogP contribution >= 0.6 is 0 Å². The average Bonchev–Trinajstić information content (AvgIpc) is 3.03. The molecule has 0 atom stereocenters. The van der Waals surface area contributed by atoms with Crippen molar-refractivity contribution in [2.24, 2.45) is 0 Å². The van der Waals surface area contributed by atoms with Crippen LogP contribution in [-0.2, 0) is 14.8 Å². The van der Waals surface area contributed by atoms with Crippen LogP contribution < -0.4 is 0 Å². The van der Waals surface area contributed by atoms with E-state index in [9.17, 15) is 8.42 Å². The Morgan fingerprint density at radius 3 is 2.36 bits per heavy atom. The zero-order valence-electron chi connectivity index (χ0n) is 14.6. The molecule has 0 aromatic carbocycles. The van der Waals surface area contributed by atoms with Gasteiger partial charge in [0.05, 0.1) is 12.2 Å². The number of nitrogens with zero attached hydrogens (tertiary/aromatic N) is 4. The molecule has 0 saturated carbocycles. The number of aromatic nitrogens is 2. The van der Waals surface area contributed by atoms with Crippen LogP contribution in [0.3, 0.4) is 0 Å². The van der Waals surface area contributed by atoms with Gasteiger partial charge in [-0.1, -0.05) is 5.16 Å². The molecule has 25 heavy (non-hydrogen) atoms. The molecule has 0 spiro atoms. The second-order valence-corrected chi connectivity index (χ2v) is 9.40. The number of likely N-dealkylation sites (tertiary alicyclic amines) is 1. The molecule has 1 aromatic heterocycles. The third kappa shape index (κ3) is 3.74. The summed E-state index contributed by atoms with van der Waals surface area (Å²) in [5.74, 6) is 2.01. The molecular weight excluding hydrogens is 344 g/mol. The van der Waals surface area contributed by atoms with Crippen LogP contribution in [0.25, 0.3) is 0 Å². The van der Waals surface area contributed by atoms with E-state index in [1.165, 1.54) is 10.6 Å². The molecule has 3 saturated heterocycles. The second kappa shape index (κ2) is 6.94. The molecule has 3 fully saturated rings. The lowest BCUT2D eigenvalue weighted by atomic mass is 9.94. The van der Waals surface area contributed by atoms with Crippen molar-refractivity contribution in [2.75, 3.05) is 45.6 Å². The summed E-state index contributed by atoms with van der Waals surface area (Å²) in [4.78, 5) is 7.11. The van der Waals surface area contributed by atoms with Gasteiger partial charge in [0.25, 0.3) is 0 Å². The molecule has 0 bridgehead atoms. The van der Waals surface area contributed by atoms with Crippen molar-refractivity contribution in [2.45, 2.75) is 43.6 Å². The summed E-state index contributed by atoms with van der Waals surface area (Å²) in [6, 6.07) is 0.632. The first-order valence-electron chi connectivity index (χ1n) is 9.11. The monoisotopic (exact) mass is 370 g/mol. The molecule has 0 N–H and O–H groups in total. The fourth-order valence-corrected chi connectivity index (χ4v) is 4.92. The maximum absolute atomic E-state index is 11.6. The summed E-state index contributed by atoms with van der Waals surface area (Å²) in [6.45, 7) is 4.77. The van der Waals surface area contributed by atoms with Crippen molar-refractivity contribution in [3.05, 3.63) is 11.7 Å². The molecule has 0 aliphatic carbocycles. The predicted molar refractivity (Wildman–Crippen MR) is 90.8 cm³/mol. The van der Waals surface area contributed by atoms with E-state index in [1.807, 2.05) is 0 Å². The largest absolute Gasteiger partial charge is 0.381 e. The molecule has 8 nitrogen and oxygen atoms in total. The predicted octanol–water partition coefficient (Wildman–Crippen LogP) is 0.787. The Morgan fingerprint density at radius 2 is 1.72 bits per heavy atom. The molecule has 4 rings (SSSR count). The average molecular weight is 370 g/mol. The molecule has 0 unspecified atom stereocenters. The lowest BCUT2D eigenvalue weighted by Crippen LogP contribution is -2.52. The van der Waals surface area contributed by atoms with E-state index in [0.717, 1.165) is 63.7 Å². The first kappa shape index (κ1) is 17.4. The summed E-state index contributed by atoms with van der Waals surface area (Å²) in [5.41, 5.74) is 0. The Labute approximate surface area is 148 Å².